The number of ether oxygens (including phenoxy) is 1. The normalized spacial score (nSPS) is 15.7. The first-order valence-electron chi connectivity index (χ1n) is 9.67. The molecule has 2 aromatic rings. The number of carbonyl (C=O) groups excluding carboxylic acids is 1. The molecule has 27 heavy (non-hydrogen) atoms. The molecule has 3 rings (SSSR count). The fourth-order valence-electron chi connectivity index (χ4n) is 3.58. The van der Waals surface area contributed by atoms with E-state index >= 15 is 0 Å². The lowest BCUT2D eigenvalue weighted by atomic mass is 9.98. The summed E-state index contributed by atoms with van der Waals surface area (Å²) in [6.07, 6.45) is 1.31. The molecule has 0 saturated carbocycles. The molecule has 0 bridgehead atoms. The van der Waals surface area contributed by atoms with Gasteiger partial charge < -0.3 is 14.5 Å². The standard InChI is InChI=1S/C22H29N3O2/c1-16(2)20-9-8-19(15-17(20)3)27-18(4)22(26)25-13-11-24(12-14-25)21-7-5-6-10-23-21/h5-10,15-16,18H,11-14H2,1-4H3. The Balaban J connectivity index is 1.56. The molecular weight excluding hydrogens is 338 g/mol. The topological polar surface area (TPSA) is 45.7 Å². The molecule has 0 aliphatic carbocycles. The zero-order valence-corrected chi connectivity index (χ0v) is 16.7. The van der Waals surface area contributed by atoms with Crippen LogP contribution in [0.3, 0.4) is 0 Å². The van der Waals surface area contributed by atoms with Crippen LogP contribution >= 0.6 is 0 Å². The number of rotatable bonds is 5. The first-order valence-corrected chi connectivity index (χ1v) is 9.67. The van der Waals surface area contributed by atoms with E-state index in [1.54, 1.807) is 6.20 Å². The molecule has 1 saturated heterocycles. The molecule has 1 aromatic heterocycles. The van der Waals surface area contributed by atoms with Crippen molar-refractivity contribution in [2.24, 2.45) is 0 Å². The highest BCUT2D eigenvalue weighted by Crippen LogP contribution is 2.24. The minimum atomic E-state index is -0.490. The van der Waals surface area contributed by atoms with E-state index in [0.717, 1.165) is 24.7 Å². The smallest absolute Gasteiger partial charge is 0.263 e. The quantitative estimate of drug-likeness (QED) is 0.810. The number of benzene rings is 1. The number of aromatic nitrogens is 1. The molecule has 144 valence electrons. The molecule has 5 nitrogen and oxygen atoms in total. The summed E-state index contributed by atoms with van der Waals surface area (Å²) in [5, 5.41) is 0. The van der Waals surface area contributed by atoms with Gasteiger partial charge in [0.2, 0.25) is 0 Å². The fraction of sp³-hybridized carbons (Fsp3) is 0.455. The maximum Gasteiger partial charge on any atom is 0.263 e. The summed E-state index contributed by atoms with van der Waals surface area (Å²) in [6, 6.07) is 12.0. The number of hydrogen-bond acceptors (Lipinski definition) is 4. The number of hydrogen-bond donors (Lipinski definition) is 0. The van der Waals surface area contributed by atoms with E-state index in [-0.39, 0.29) is 5.91 Å². The summed E-state index contributed by atoms with van der Waals surface area (Å²) in [6.45, 7) is 11.2. The zero-order valence-electron chi connectivity index (χ0n) is 16.7. The summed E-state index contributed by atoms with van der Waals surface area (Å²) in [4.78, 5) is 21.3. The van der Waals surface area contributed by atoms with E-state index in [1.165, 1.54) is 11.1 Å². The third-order valence-electron chi connectivity index (χ3n) is 5.09. The zero-order chi connectivity index (χ0) is 19.4. The van der Waals surface area contributed by atoms with Gasteiger partial charge in [-0.2, -0.15) is 0 Å². The number of amides is 1. The summed E-state index contributed by atoms with van der Waals surface area (Å²) in [5.74, 6) is 2.24. The number of carbonyl (C=O) groups is 1. The first kappa shape index (κ1) is 19.2. The second-order valence-electron chi connectivity index (χ2n) is 7.43. The van der Waals surface area contributed by atoms with Gasteiger partial charge in [-0.05, 0) is 55.2 Å². The Kier molecular flexibility index (Phi) is 5.99. The van der Waals surface area contributed by atoms with Crippen molar-refractivity contribution in [2.45, 2.75) is 39.7 Å². The number of anilines is 1. The Morgan fingerprint density at radius 2 is 1.81 bits per heavy atom. The van der Waals surface area contributed by atoms with Gasteiger partial charge in [-0.1, -0.05) is 26.0 Å². The average molecular weight is 367 g/mol. The molecule has 1 aliphatic rings. The van der Waals surface area contributed by atoms with Crippen LogP contribution in [0.5, 0.6) is 5.75 Å². The van der Waals surface area contributed by atoms with Gasteiger partial charge in [0.15, 0.2) is 6.10 Å². The monoisotopic (exact) mass is 367 g/mol. The van der Waals surface area contributed by atoms with Gasteiger partial charge >= 0.3 is 0 Å². The van der Waals surface area contributed by atoms with Crippen LogP contribution in [0.1, 0.15) is 37.8 Å². The lowest BCUT2D eigenvalue weighted by molar-refractivity contribution is -0.138. The number of pyridine rings is 1. The molecule has 0 spiro atoms. The SMILES string of the molecule is Cc1cc(OC(C)C(=O)N2CCN(c3ccccn3)CC2)ccc1C(C)C. The second-order valence-corrected chi connectivity index (χ2v) is 7.43. The van der Waals surface area contributed by atoms with Gasteiger partial charge in [0, 0.05) is 32.4 Å². The van der Waals surface area contributed by atoms with Crippen LogP contribution in [-0.2, 0) is 4.79 Å². The maximum atomic E-state index is 12.8. The molecule has 1 unspecified atom stereocenters. The van der Waals surface area contributed by atoms with Crippen molar-refractivity contribution in [3.05, 3.63) is 53.7 Å². The Bertz CT molecular complexity index is 768. The van der Waals surface area contributed by atoms with Gasteiger partial charge in [0.05, 0.1) is 0 Å². The van der Waals surface area contributed by atoms with Crippen LogP contribution in [0.25, 0.3) is 0 Å². The molecule has 0 radical (unpaired) electrons. The van der Waals surface area contributed by atoms with Crippen LogP contribution in [0.15, 0.2) is 42.6 Å². The number of piperazine rings is 1. The van der Waals surface area contributed by atoms with Crippen molar-refractivity contribution >= 4 is 11.7 Å². The minimum Gasteiger partial charge on any atom is -0.481 e. The lowest BCUT2D eigenvalue weighted by Gasteiger charge is -2.36. The van der Waals surface area contributed by atoms with E-state index in [2.05, 4.69) is 36.7 Å². The molecule has 1 amide bonds. The molecule has 0 N–H and O–H groups in total. The fourth-order valence-corrected chi connectivity index (χ4v) is 3.58. The van der Waals surface area contributed by atoms with Crippen LogP contribution in [0.2, 0.25) is 0 Å². The predicted octanol–water partition coefficient (Wildman–Crippen LogP) is 3.63. The van der Waals surface area contributed by atoms with Crippen LogP contribution < -0.4 is 9.64 Å². The number of nitrogens with zero attached hydrogens (tertiary/aromatic N) is 3. The third kappa shape index (κ3) is 4.59. The molecule has 5 heteroatoms. The van der Waals surface area contributed by atoms with E-state index in [9.17, 15) is 4.79 Å². The summed E-state index contributed by atoms with van der Waals surface area (Å²) < 4.78 is 5.94. The lowest BCUT2D eigenvalue weighted by Crippen LogP contribution is -2.52. The Hall–Kier alpha value is -2.56. The summed E-state index contributed by atoms with van der Waals surface area (Å²) in [5.41, 5.74) is 2.51. The highest BCUT2D eigenvalue weighted by molar-refractivity contribution is 5.81. The Morgan fingerprint density at radius 1 is 1.07 bits per heavy atom. The van der Waals surface area contributed by atoms with E-state index in [4.69, 9.17) is 4.74 Å². The third-order valence-corrected chi connectivity index (χ3v) is 5.09. The predicted molar refractivity (Wildman–Crippen MR) is 108 cm³/mol. The molecular formula is C22H29N3O2. The van der Waals surface area contributed by atoms with Crippen molar-refractivity contribution in [3.8, 4) is 5.75 Å². The van der Waals surface area contributed by atoms with Crippen LogP contribution in [0, 0.1) is 6.92 Å². The second kappa shape index (κ2) is 8.42. The largest absolute Gasteiger partial charge is 0.481 e. The first-order chi connectivity index (χ1) is 13.0. The van der Waals surface area contributed by atoms with Gasteiger partial charge in [0.1, 0.15) is 11.6 Å². The van der Waals surface area contributed by atoms with Crippen molar-refractivity contribution in [3.63, 3.8) is 0 Å². The number of aryl methyl sites for hydroxylation is 1. The highest BCUT2D eigenvalue weighted by atomic mass is 16.5. The van der Waals surface area contributed by atoms with E-state index in [0.29, 0.717) is 19.0 Å². The maximum absolute atomic E-state index is 12.8. The van der Waals surface area contributed by atoms with Crippen molar-refractivity contribution in [2.75, 3.05) is 31.1 Å². The van der Waals surface area contributed by atoms with Crippen LogP contribution in [0.4, 0.5) is 5.82 Å². The summed E-state index contributed by atoms with van der Waals surface area (Å²) in [7, 11) is 0. The minimum absolute atomic E-state index is 0.0428. The molecule has 1 atom stereocenters. The van der Waals surface area contributed by atoms with E-state index in [1.807, 2.05) is 42.2 Å². The molecule has 1 aliphatic heterocycles. The molecule has 1 aromatic carbocycles. The van der Waals surface area contributed by atoms with Gasteiger partial charge in [-0.3, -0.25) is 4.79 Å². The van der Waals surface area contributed by atoms with Crippen LogP contribution in [-0.4, -0.2) is 48.1 Å². The Labute approximate surface area is 162 Å². The van der Waals surface area contributed by atoms with Gasteiger partial charge in [-0.15, -0.1) is 0 Å². The molecule has 1 fully saturated rings. The van der Waals surface area contributed by atoms with Crippen molar-refractivity contribution in [1.82, 2.24) is 9.88 Å². The van der Waals surface area contributed by atoms with Gasteiger partial charge in [-0.25, -0.2) is 4.98 Å². The van der Waals surface area contributed by atoms with E-state index < -0.39 is 6.10 Å². The highest BCUT2D eigenvalue weighted by Gasteiger charge is 2.26. The Morgan fingerprint density at radius 3 is 2.41 bits per heavy atom. The van der Waals surface area contributed by atoms with Gasteiger partial charge in [0.25, 0.3) is 5.91 Å². The average Bonchev–Trinajstić information content (AvgIpc) is 2.68. The van der Waals surface area contributed by atoms with Crippen molar-refractivity contribution < 1.29 is 9.53 Å². The summed E-state index contributed by atoms with van der Waals surface area (Å²) >= 11 is 0. The molecule has 2 heterocycles. The van der Waals surface area contributed by atoms with Crippen molar-refractivity contribution in [1.29, 1.82) is 0 Å².